The normalized spacial score (nSPS) is 13.6. The Morgan fingerprint density at radius 3 is 2.83 bits per heavy atom. The number of anilines is 1. The zero-order valence-electron chi connectivity index (χ0n) is 17.1. The number of benzene rings is 1. The molecule has 6 nitrogen and oxygen atoms in total. The molecule has 2 aromatic heterocycles. The topological polar surface area (TPSA) is 90.6 Å². The minimum Gasteiger partial charge on any atom is -0.506 e. The second kappa shape index (κ2) is 9.57. The van der Waals surface area contributed by atoms with Crippen molar-refractivity contribution in [2.24, 2.45) is 5.16 Å². The van der Waals surface area contributed by atoms with E-state index >= 15 is 0 Å². The first-order chi connectivity index (χ1) is 14.8. The van der Waals surface area contributed by atoms with E-state index in [1.807, 2.05) is 0 Å². The molecule has 0 fully saturated rings. The van der Waals surface area contributed by atoms with E-state index < -0.39 is 0 Å². The van der Waals surface area contributed by atoms with Crippen molar-refractivity contribution in [1.29, 1.82) is 0 Å². The lowest BCUT2D eigenvalue weighted by Crippen LogP contribution is -2.12. The van der Waals surface area contributed by atoms with Crippen LogP contribution in [0.4, 0.5) is 5.69 Å². The second-order valence-electron chi connectivity index (χ2n) is 7.87. The van der Waals surface area contributed by atoms with Gasteiger partial charge in [0, 0.05) is 29.5 Å². The third-order valence-corrected chi connectivity index (χ3v) is 5.75. The van der Waals surface area contributed by atoms with E-state index in [0.29, 0.717) is 0 Å². The summed E-state index contributed by atoms with van der Waals surface area (Å²) >= 11 is 0. The molecule has 0 saturated carbocycles. The Kier molecular flexibility index (Phi) is 6.42. The Balaban J connectivity index is 1.32. The SMILES string of the molecule is O/N=C/c1ncc(CCCCCNc2c3c(nc4ccccc24)CCCC3)cc1O. The molecule has 0 saturated heterocycles. The monoisotopic (exact) mass is 404 g/mol. The summed E-state index contributed by atoms with van der Waals surface area (Å²) in [6.07, 6.45) is 11.6. The van der Waals surface area contributed by atoms with Crippen LogP contribution in [0, 0.1) is 0 Å². The van der Waals surface area contributed by atoms with Crippen molar-refractivity contribution in [3.8, 4) is 5.75 Å². The van der Waals surface area contributed by atoms with Gasteiger partial charge in [-0.25, -0.2) is 0 Å². The summed E-state index contributed by atoms with van der Waals surface area (Å²) in [4.78, 5) is 9.02. The fourth-order valence-corrected chi connectivity index (χ4v) is 4.22. The van der Waals surface area contributed by atoms with Crippen molar-refractivity contribution in [3.63, 3.8) is 0 Å². The van der Waals surface area contributed by atoms with Gasteiger partial charge < -0.3 is 15.6 Å². The molecule has 4 rings (SSSR count). The molecule has 6 heteroatoms. The van der Waals surface area contributed by atoms with Crippen LogP contribution in [0.1, 0.15) is 54.6 Å². The van der Waals surface area contributed by atoms with E-state index in [1.165, 1.54) is 35.2 Å². The largest absolute Gasteiger partial charge is 0.506 e. The molecule has 0 spiro atoms. The Labute approximate surface area is 176 Å². The average molecular weight is 405 g/mol. The van der Waals surface area contributed by atoms with Gasteiger partial charge in [0.2, 0.25) is 0 Å². The van der Waals surface area contributed by atoms with Gasteiger partial charge in [0.15, 0.2) is 0 Å². The van der Waals surface area contributed by atoms with Crippen LogP contribution < -0.4 is 5.32 Å². The predicted molar refractivity (Wildman–Crippen MR) is 120 cm³/mol. The van der Waals surface area contributed by atoms with Crippen molar-refractivity contribution in [2.75, 3.05) is 11.9 Å². The van der Waals surface area contributed by atoms with Gasteiger partial charge in [-0.05, 0) is 68.2 Å². The molecule has 1 aliphatic carbocycles. The van der Waals surface area contributed by atoms with Gasteiger partial charge in [-0.2, -0.15) is 0 Å². The van der Waals surface area contributed by atoms with Crippen LogP contribution in [0.25, 0.3) is 10.9 Å². The maximum absolute atomic E-state index is 9.89. The Hall–Kier alpha value is -3.15. The van der Waals surface area contributed by atoms with Gasteiger partial charge in [-0.3, -0.25) is 9.97 Å². The maximum Gasteiger partial charge on any atom is 0.143 e. The third-order valence-electron chi connectivity index (χ3n) is 5.75. The summed E-state index contributed by atoms with van der Waals surface area (Å²) in [7, 11) is 0. The van der Waals surface area contributed by atoms with Gasteiger partial charge >= 0.3 is 0 Å². The quantitative estimate of drug-likeness (QED) is 0.216. The molecule has 30 heavy (non-hydrogen) atoms. The van der Waals surface area contributed by atoms with Gasteiger partial charge in [0.05, 0.1) is 11.7 Å². The van der Waals surface area contributed by atoms with E-state index in [0.717, 1.165) is 62.4 Å². The van der Waals surface area contributed by atoms with Gasteiger partial charge in [0.1, 0.15) is 11.4 Å². The molecule has 3 N–H and O–H groups in total. The molecule has 1 aliphatic rings. The number of para-hydroxylation sites is 1. The van der Waals surface area contributed by atoms with Crippen LogP contribution in [0.2, 0.25) is 0 Å². The smallest absolute Gasteiger partial charge is 0.143 e. The zero-order chi connectivity index (χ0) is 20.8. The number of hydrogen-bond acceptors (Lipinski definition) is 6. The molecule has 0 radical (unpaired) electrons. The van der Waals surface area contributed by atoms with Crippen molar-refractivity contribution in [2.45, 2.75) is 51.4 Å². The van der Waals surface area contributed by atoms with Crippen LogP contribution in [0.15, 0.2) is 41.7 Å². The molecule has 1 aromatic carbocycles. The van der Waals surface area contributed by atoms with E-state index in [4.69, 9.17) is 10.2 Å². The lowest BCUT2D eigenvalue weighted by Gasteiger charge is -2.21. The number of nitrogens with zero attached hydrogens (tertiary/aromatic N) is 3. The van der Waals surface area contributed by atoms with Gasteiger partial charge in [-0.1, -0.05) is 29.8 Å². The lowest BCUT2D eigenvalue weighted by molar-refractivity contribution is 0.321. The summed E-state index contributed by atoms with van der Waals surface area (Å²) in [5.41, 5.74) is 6.31. The first kappa shape index (κ1) is 20.1. The van der Waals surface area contributed by atoms with Crippen LogP contribution in [-0.2, 0) is 19.3 Å². The van der Waals surface area contributed by atoms with E-state index in [1.54, 1.807) is 12.3 Å². The molecular weight excluding hydrogens is 376 g/mol. The van der Waals surface area contributed by atoms with Crippen molar-refractivity contribution in [1.82, 2.24) is 9.97 Å². The first-order valence-electron chi connectivity index (χ1n) is 10.8. The molecule has 0 amide bonds. The van der Waals surface area contributed by atoms with Crippen LogP contribution in [0.5, 0.6) is 5.75 Å². The van der Waals surface area contributed by atoms with Crippen molar-refractivity contribution < 1.29 is 10.3 Å². The number of hydrogen-bond donors (Lipinski definition) is 3. The summed E-state index contributed by atoms with van der Waals surface area (Å²) in [5, 5.41) is 26.3. The third kappa shape index (κ3) is 4.53. The highest BCUT2D eigenvalue weighted by Gasteiger charge is 2.17. The number of oxime groups is 1. The van der Waals surface area contributed by atoms with Crippen LogP contribution >= 0.6 is 0 Å². The number of rotatable bonds is 8. The van der Waals surface area contributed by atoms with Crippen molar-refractivity contribution >= 4 is 22.8 Å². The highest BCUT2D eigenvalue weighted by atomic mass is 16.4. The molecule has 156 valence electrons. The molecule has 0 aliphatic heterocycles. The maximum atomic E-state index is 9.89. The zero-order valence-corrected chi connectivity index (χ0v) is 17.1. The molecule has 0 atom stereocenters. The van der Waals surface area contributed by atoms with E-state index in [9.17, 15) is 5.11 Å². The summed E-state index contributed by atoms with van der Waals surface area (Å²) in [6, 6.07) is 10.1. The summed E-state index contributed by atoms with van der Waals surface area (Å²) < 4.78 is 0. The average Bonchev–Trinajstić information content (AvgIpc) is 2.77. The summed E-state index contributed by atoms with van der Waals surface area (Å²) in [6.45, 7) is 0.940. The highest BCUT2D eigenvalue weighted by Crippen LogP contribution is 2.33. The number of pyridine rings is 2. The fraction of sp³-hybridized carbons (Fsp3) is 0.375. The number of aromatic nitrogens is 2. The highest BCUT2D eigenvalue weighted by molar-refractivity contribution is 5.93. The fourth-order valence-electron chi connectivity index (χ4n) is 4.22. The van der Waals surface area contributed by atoms with Gasteiger partial charge in [-0.15, -0.1) is 0 Å². The Morgan fingerprint density at radius 2 is 1.97 bits per heavy atom. The standard InChI is InChI=1S/C24H28N4O2/c29-23-14-17(15-26-22(23)16-27-30)8-2-1-7-13-25-24-18-9-3-5-11-20(18)28-21-12-6-4-10-19(21)24/h3,5,9,11,14-16,29-30H,1-2,4,6-8,10,12-13H2,(H,25,28)/b27-16+. The van der Waals surface area contributed by atoms with Crippen LogP contribution in [0.3, 0.4) is 0 Å². The summed E-state index contributed by atoms with van der Waals surface area (Å²) in [5.74, 6) is 0.0429. The molecule has 3 aromatic rings. The van der Waals surface area contributed by atoms with Crippen molar-refractivity contribution in [3.05, 3.63) is 59.0 Å². The second-order valence-corrected chi connectivity index (χ2v) is 7.87. The molecule has 2 heterocycles. The van der Waals surface area contributed by atoms with E-state index in [2.05, 4.69) is 39.7 Å². The molecule has 0 unspecified atom stereocenters. The first-order valence-corrected chi connectivity index (χ1v) is 10.8. The van der Waals surface area contributed by atoms with Crippen LogP contribution in [-0.4, -0.2) is 33.0 Å². The number of nitrogens with one attached hydrogen (secondary N) is 1. The molecule has 0 bridgehead atoms. The number of aromatic hydroxyl groups is 1. The molecular formula is C24H28N4O2. The van der Waals surface area contributed by atoms with E-state index in [-0.39, 0.29) is 11.4 Å². The Morgan fingerprint density at radius 1 is 1.10 bits per heavy atom. The number of unbranched alkanes of at least 4 members (excludes halogenated alkanes) is 2. The predicted octanol–water partition coefficient (Wildman–Crippen LogP) is 4.85. The minimum absolute atomic E-state index is 0.0429. The number of fused-ring (bicyclic) bond motifs is 2. The minimum atomic E-state index is 0.0429. The Bertz CT molecular complexity index is 1050. The lowest BCUT2D eigenvalue weighted by atomic mass is 9.92. The number of aryl methyl sites for hydroxylation is 2. The van der Waals surface area contributed by atoms with Gasteiger partial charge in [0.25, 0.3) is 0 Å².